The zero-order valence-corrected chi connectivity index (χ0v) is 14.3. The number of hydrogen-bond donors (Lipinski definition) is 0. The predicted molar refractivity (Wildman–Crippen MR) is 91.0 cm³/mol. The second kappa shape index (κ2) is 7.02. The Bertz CT molecular complexity index is 803. The van der Waals surface area contributed by atoms with Gasteiger partial charge in [0.2, 0.25) is 10.0 Å². The summed E-state index contributed by atoms with van der Waals surface area (Å²) in [6.45, 7) is -0.123. The first kappa shape index (κ1) is 17.3. The molecule has 0 saturated carbocycles. The maximum Gasteiger partial charge on any atom is 0.231 e. The predicted octanol–water partition coefficient (Wildman–Crippen LogP) is 3.00. The van der Waals surface area contributed by atoms with Crippen LogP contribution in [0, 0.1) is 0 Å². The molecule has 0 saturated heterocycles. The molecule has 0 amide bonds. The number of rotatable bonds is 6. The van der Waals surface area contributed by atoms with E-state index in [4.69, 9.17) is 16.3 Å². The monoisotopic (exact) mass is 353 g/mol. The van der Waals surface area contributed by atoms with E-state index in [1.807, 2.05) is 0 Å². The van der Waals surface area contributed by atoms with E-state index in [-0.39, 0.29) is 12.4 Å². The van der Waals surface area contributed by atoms with Gasteiger partial charge in [0, 0.05) is 17.6 Å². The van der Waals surface area contributed by atoms with Crippen molar-refractivity contribution in [2.24, 2.45) is 0 Å². The summed E-state index contributed by atoms with van der Waals surface area (Å²) in [5.41, 5.74) is 0.928. The summed E-state index contributed by atoms with van der Waals surface area (Å²) in [5.74, 6) is 0.304. The quantitative estimate of drug-likeness (QED) is 0.749. The van der Waals surface area contributed by atoms with Crippen molar-refractivity contribution in [3.8, 4) is 5.75 Å². The van der Waals surface area contributed by atoms with Gasteiger partial charge in [-0.25, -0.2) is 8.42 Å². The van der Waals surface area contributed by atoms with Crippen molar-refractivity contribution in [2.45, 2.75) is 0 Å². The van der Waals surface area contributed by atoms with Crippen molar-refractivity contribution in [3.05, 3.63) is 59.1 Å². The summed E-state index contributed by atoms with van der Waals surface area (Å²) in [7, 11) is -1.88. The molecule has 2 aromatic carbocycles. The second-order valence-electron chi connectivity index (χ2n) is 4.95. The summed E-state index contributed by atoms with van der Waals surface area (Å²) in [6.07, 6.45) is 1.12. The van der Waals surface area contributed by atoms with Gasteiger partial charge in [0.1, 0.15) is 5.75 Å². The van der Waals surface area contributed by atoms with Crippen LogP contribution in [0.1, 0.15) is 10.4 Å². The molecule has 2 aromatic rings. The van der Waals surface area contributed by atoms with Gasteiger partial charge >= 0.3 is 0 Å². The average Bonchev–Trinajstić information content (AvgIpc) is 2.51. The number of halogens is 1. The first-order valence-electron chi connectivity index (χ1n) is 6.73. The largest absolute Gasteiger partial charge is 0.485 e. The number of Topliss-reactive ketones (excluding diaryl/α,β-unsaturated/α-hetero) is 1. The highest BCUT2D eigenvalue weighted by Gasteiger charge is 2.13. The summed E-state index contributed by atoms with van der Waals surface area (Å²) >= 11 is 5.84. The van der Waals surface area contributed by atoms with Gasteiger partial charge in [-0.15, -0.1) is 0 Å². The number of sulfonamides is 1. The van der Waals surface area contributed by atoms with Crippen LogP contribution in [0.25, 0.3) is 0 Å². The fourth-order valence-electron chi connectivity index (χ4n) is 1.84. The number of ether oxygens (including phenoxy) is 1. The molecule has 0 N–H and O–H groups in total. The van der Waals surface area contributed by atoms with Gasteiger partial charge in [0.25, 0.3) is 0 Å². The van der Waals surface area contributed by atoms with E-state index in [9.17, 15) is 13.2 Å². The Morgan fingerprint density at radius 3 is 2.39 bits per heavy atom. The second-order valence-corrected chi connectivity index (χ2v) is 7.40. The maximum absolute atomic E-state index is 12.1. The Morgan fingerprint density at radius 1 is 1.17 bits per heavy atom. The molecule has 0 unspecified atom stereocenters. The van der Waals surface area contributed by atoms with Crippen molar-refractivity contribution < 1.29 is 17.9 Å². The van der Waals surface area contributed by atoms with E-state index in [0.29, 0.717) is 22.0 Å². The van der Waals surface area contributed by atoms with Crippen LogP contribution in [0.3, 0.4) is 0 Å². The van der Waals surface area contributed by atoms with Crippen LogP contribution in [-0.4, -0.2) is 34.1 Å². The van der Waals surface area contributed by atoms with Crippen molar-refractivity contribution in [3.63, 3.8) is 0 Å². The van der Waals surface area contributed by atoms with Crippen molar-refractivity contribution in [1.82, 2.24) is 0 Å². The minimum atomic E-state index is -3.33. The number of benzene rings is 2. The van der Waals surface area contributed by atoms with Gasteiger partial charge in [-0.2, -0.15) is 0 Å². The number of nitrogens with zero attached hydrogens (tertiary/aromatic N) is 1. The van der Waals surface area contributed by atoms with Gasteiger partial charge in [0.15, 0.2) is 12.4 Å². The van der Waals surface area contributed by atoms with E-state index in [0.717, 1.165) is 10.6 Å². The fourth-order valence-corrected chi connectivity index (χ4v) is 2.52. The molecule has 5 nitrogen and oxygen atoms in total. The number of ketones is 1. The highest BCUT2D eigenvalue weighted by atomic mass is 35.5. The number of anilines is 1. The highest BCUT2D eigenvalue weighted by molar-refractivity contribution is 7.92. The third-order valence-electron chi connectivity index (χ3n) is 3.22. The molecule has 0 spiro atoms. The molecule has 122 valence electrons. The van der Waals surface area contributed by atoms with E-state index >= 15 is 0 Å². The fraction of sp³-hybridized carbons (Fsp3) is 0.188. The molecule has 0 heterocycles. The van der Waals surface area contributed by atoms with E-state index < -0.39 is 10.0 Å². The molecule has 2 rings (SSSR count). The van der Waals surface area contributed by atoms with Gasteiger partial charge in [-0.05, 0) is 42.5 Å². The maximum atomic E-state index is 12.1. The lowest BCUT2D eigenvalue weighted by Gasteiger charge is -2.16. The first-order valence-corrected chi connectivity index (χ1v) is 8.95. The van der Waals surface area contributed by atoms with Gasteiger partial charge in [0.05, 0.1) is 11.9 Å². The van der Waals surface area contributed by atoms with Gasteiger partial charge in [-0.3, -0.25) is 9.10 Å². The zero-order chi connectivity index (χ0) is 17.0. The molecule has 0 aliphatic rings. The first-order chi connectivity index (χ1) is 10.8. The van der Waals surface area contributed by atoms with E-state index in [1.54, 1.807) is 48.5 Å². The molecule has 0 bridgehead atoms. The Balaban J connectivity index is 2.03. The molecule has 0 aromatic heterocycles. The highest BCUT2D eigenvalue weighted by Crippen LogP contribution is 2.19. The molecule has 0 radical (unpaired) electrons. The lowest BCUT2D eigenvalue weighted by molar-refractivity contribution is 0.0921. The van der Waals surface area contributed by atoms with Gasteiger partial charge in [-0.1, -0.05) is 17.7 Å². The minimum Gasteiger partial charge on any atom is -0.485 e. The third kappa shape index (κ3) is 4.71. The number of carbonyl (C=O) groups is 1. The Kier molecular flexibility index (Phi) is 5.28. The van der Waals surface area contributed by atoms with Crippen molar-refractivity contribution in [2.75, 3.05) is 24.2 Å². The summed E-state index contributed by atoms with van der Waals surface area (Å²) in [6, 6.07) is 13.1. The minimum absolute atomic E-state index is 0.123. The summed E-state index contributed by atoms with van der Waals surface area (Å²) < 4.78 is 29.5. The SMILES string of the molecule is CN(c1ccc(C(=O)COc2cccc(Cl)c2)cc1)S(C)(=O)=O. The molecule has 0 aliphatic carbocycles. The summed E-state index contributed by atoms with van der Waals surface area (Å²) in [5, 5.41) is 0.531. The lowest BCUT2D eigenvalue weighted by Crippen LogP contribution is -2.24. The van der Waals surface area contributed by atoms with Crippen LogP contribution >= 0.6 is 11.6 Å². The number of hydrogen-bond acceptors (Lipinski definition) is 4. The van der Waals surface area contributed by atoms with Gasteiger partial charge < -0.3 is 4.74 Å². The Labute approximate surface area is 140 Å². The van der Waals surface area contributed by atoms with Crippen molar-refractivity contribution in [1.29, 1.82) is 0 Å². The lowest BCUT2D eigenvalue weighted by atomic mass is 10.1. The van der Waals surface area contributed by atoms with E-state index in [2.05, 4.69) is 0 Å². The molecular weight excluding hydrogens is 338 g/mol. The summed E-state index contributed by atoms with van der Waals surface area (Å²) in [4.78, 5) is 12.1. The number of carbonyl (C=O) groups excluding carboxylic acids is 1. The molecule has 7 heteroatoms. The van der Waals surface area contributed by atoms with Crippen LogP contribution in [-0.2, 0) is 10.0 Å². The Morgan fingerprint density at radius 2 is 1.83 bits per heavy atom. The van der Waals surface area contributed by atoms with Crippen LogP contribution in [0.4, 0.5) is 5.69 Å². The van der Waals surface area contributed by atoms with Crippen LogP contribution in [0.5, 0.6) is 5.75 Å². The smallest absolute Gasteiger partial charge is 0.231 e. The molecule has 0 fully saturated rings. The normalized spacial score (nSPS) is 11.1. The standard InChI is InChI=1S/C16H16ClNO4S/c1-18(23(2,20)21)14-8-6-12(7-9-14)16(19)11-22-15-5-3-4-13(17)10-15/h3-10H,11H2,1-2H3. The topological polar surface area (TPSA) is 63.7 Å². The Hall–Kier alpha value is -2.05. The molecule has 0 atom stereocenters. The zero-order valence-electron chi connectivity index (χ0n) is 12.7. The van der Waals surface area contributed by atoms with Crippen molar-refractivity contribution >= 4 is 33.1 Å². The molecular formula is C16H16ClNO4S. The van der Waals surface area contributed by atoms with Crippen LogP contribution in [0.15, 0.2) is 48.5 Å². The van der Waals surface area contributed by atoms with Crippen LogP contribution < -0.4 is 9.04 Å². The average molecular weight is 354 g/mol. The third-order valence-corrected chi connectivity index (χ3v) is 4.66. The molecule has 23 heavy (non-hydrogen) atoms. The van der Waals surface area contributed by atoms with Crippen LogP contribution in [0.2, 0.25) is 5.02 Å². The van der Waals surface area contributed by atoms with E-state index in [1.165, 1.54) is 7.05 Å². The molecule has 0 aliphatic heterocycles.